The highest BCUT2D eigenvalue weighted by Crippen LogP contribution is 2.29. The average molecular weight is 422 g/mol. The van der Waals surface area contributed by atoms with E-state index in [2.05, 4.69) is 15.5 Å². The number of fused-ring (bicyclic) bond motifs is 1. The van der Waals surface area contributed by atoms with Crippen molar-refractivity contribution in [3.63, 3.8) is 0 Å². The molecule has 1 unspecified atom stereocenters. The summed E-state index contributed by atoms with van der Waals surface area (Å²) in [7, 11) is 0. The summed E-state index contributed by atoms with van der Waals surface area (Å²) in [6.07, 6.45) is 2.40. The van der Waals surface area contributed by atoms with Crippen LogP contribution in [-0.2, 0) is 0 Å². The molecule has 0 aliphatic carbocycles. The fraction of sp³-hybridized carbons (Fsp3) is 0.227. The molecule has 1 aliphatic rings. The number of hydrogen-bond acceptors (Lipinski definition) is 6. The lowest BCUT2D eigenvalue weighted by atomic mass is 10.1. The maximum atomic E-state index is 13.4. The topological polar surface area (TPSA) is 71.3 Å². The first kappa shape index (κ1) is 18.7. The summed E-state index contributed by atoms with van der Waals surface area (Å²) in [5, 5.41) is 7.96. The lowest BCUT2D eigenvalue weighted by molar-refractivity contribution is 0.0788. The number of amides is 1. The van der Waals surface area contributed by atoms with Crippen molar-refractivity contribution in [2.45, 2.75) is 6.42 Å². The molecule has 1 N–H and O–H groups in total. The Morgan fingerprint density at radius 3 is 3.00 bits per heavy atom. The van der Waals surface area contributed by atoms with E-state index in [0.29, 0.717) is 36.9 Å². The van der Waals surface area contributed by atoms with E-state index in [1.807, 2.05) is 35.2 Å². The summed E-state index contributed by atoms with van der Waals surface area (Å²) in [5.74, 6) is 0.501. The van der Waals surface area contributed by atoms with Crippen LogP contribution in [0.4, 0.5) is 9.52 Å². The molecule has 1 atom stereocenters. The van der Waals surface area contributed by atoms with E-state index < -0.39 is 0 Å². The fourth-order valence-electron chi connectivity index (χ4n) is 3.75. The molecule has 5 rings (SSSR count). The van der Waals surface area contributed by atoms with Gasteiger partial charge in [-0.15, -0.1) is 0 Å². The van der Waals surface area contributed by atoms with Crippen LogP contribution in [0.25, 0.3) is 21.5 Å². The number of benzene rings is 2. The molecule has 8 heteroatoms. The highest BCUT2D eigenvalue weighted by molar-refractivity contribution is 7.22. The summed E-state index contributed by atoms with van der Waals surface area (Å²) in [5.41, 5.74) is 2.11. The molecule has 1 saturated heterocycles. The maximum absolute atomic E-state index is 13.4. The Hall–Kier alpha value is -3.26. The zero-order valence-electron chi connectivity index (χ0n) is 16.0. The molecule has 0 bridgehead atoms. The van der Waals surface area contributed by atoms with Crippen LogP contribution in [0.15, 0.2) is 59.3 Å². The van der Waals surface area contributed by atoms with E-state index in [9.17, 15) is 9.18 Å². The van der Waals surface area contributed by atoms with Gasteiger partial charge in [-0.2, -0.15) is 0 Å². The number of hydrogen-bond donors (Lipinski definition) is 1. The molecule has 1 amide bonds. The second-order valence-electron chi connectivity index (χ2n) is 7.35. The molecule has 0 spiro atoms. The fourth-order valence-corrected chi connectivity index (χ4v) is 4.65. The third-order valence-electron chi connectivity index (χ3n) is 5.30. The first-order chi connectivity index (χ1) is 14.7. The number of aromatic nitrogens is 2. The first-order valence-electron chi connectivity index (χ1n) is 9.77. The van der Waals surface area contributed by atoms with Crippen LogP contribution in [0.3, 0.4) is 0 Å². The summed E-state index contributed by atoms with van der Waals surface area (Å²) < 4.78 is 19.5. The highest BCUT2D eigenvalue weighted by atomic mass is 32.1. The van der Waals surface area contributed by atoms with Crippen LogP contribution in [0.1, 0.15) is 16.8 Å². The predicted molar refractivity (Wildman–Crippen MR) is 114 cm³/mol. The van der Waals surface area contributed by atoms with Crippen molar-refractivity contribution in [1.82, 2.24) is 15.0 Å². The van der Waals surface area contributed by atoms with Crippen LogP contribution >= 0.6 is 11.3 Å². The molecule has 1 aliphatic heterocycles. The Bertz CT molecular complexity index is 1190. The van der Waals surface area contributed by atoms with Gasteiger partial charge in [-0.1, -0.05) is 46.8 Å². The smallest absolute Gasteiger partial charge is 0.259 e. The van der Waals surface area contributed by atoms with E-state index in [1.54, 1.807) is 6.07 Å². The van der Waals surface area contributed by atoms with Crippen molar-refractivity contribution >= 4 is 32.6 Å². The molecule has 152 valence electrons. The Balaban J connectivity index is 1.23. The normalized spacial score (nSPS) is 16.3. The lowest BCUT2D eigenvalue weighted by Crippen LogP contribution is -2.29. The number of halogens is 1. The molecule has 2 aromatic carbocycles. The van der Waals surface area contributed by atoms with Gasteiger partial charge in [0, 0.05) is 25.2 Å². The predicted octanol–water partition coefficient (Wildman–Crippen LogP) is 4.66. The first-order valence-corrected chi connectivity index (χ1v) is 10.6. The second-order valence-corrected chi connectivity index (χ2v) is 8.38. The van der Waals surface area contributed by atoms with E-state index in [1.165, 1.54) is 29.7 Å². The Labute approximate surface area is 176 Å². The number of carbonyl (C=O) groups excluding carboxylic acids is 1. The minimum Gasteiger partial charge on any atom is -0.361 e. The molecule has 1 fully saturated rings. The van der Waals surface area contributed by atoms with Gasteiger partial charge in [-0.3, -0.25) is 4.79 Å². The van der Waals surface area contributed by atoms with Crippen LogP contribution in [0.5, 0.6) is 0 Å². The van der Waals surface area contributed by atoms with Crippen molar-refractivity contribution in [1.29, 1.82) is 0 Å². The van der Waals surface area contributed by atoms with Crippen molar-refractivity contribution in [2.24, 2.45) is 5.92 Å². The van der Waals surface area contributed by atoms with E-state index in [0.717, 1.165) is 27.3 Å². The van der Waals surface area contributed by atoms with Gasteiger partial charge in [0.25, 0.3) is 5.91 Å². The van der Waals surface area contributed by atoms with Crippen LogP contribution < -0.4 is 5.32 Å². The number of anilines is 1. The molecule has 3 heterocycles. The largest absolute Gasteiger partial charge is 0.361 e. The van der Waals surface area contributed by atoms with Gasteiger partial charge in [0.2, 0.25) is 0 Å². The monoisotopic (exact) mass is 422 g/mol. The van der Waals surface area contributed by atoms with Gasteiger partial charge in [0.15, 0.2) is 10.9 Å². The number of nitrogens with zero attached hydrogens (tertiary/aromatic N) is 3. The molecular formula is C22H19FN4O2S. The molecule has 2 aromatic heterocycles. The lowest BCUT2D eigenvalue weighted by Gasteiger charge is -2.16. The quantitative estimate of drug-likeness (QED) is 0.506. The van der Waals surface area contributed by atoms with Crippen LogP contribution in [-0.4, -0.2) is 40.6 Å². The molecule has 0 saturated carbocycles. The van der Waals surface area contributed by atoms with Crippen LogP contribution in [0, 0.1) is 11.7 Å². The maximum Gasteiger partial charge on any atom is 0.259 e. The molecular weight excluding hydrogens is 403 g/mol. The molecule has 0 radical (unpaired) electrons. The molecule has 4 aromatic rings. The summed E-state index contributed by atoms with van der Waals surface area (Å²) in [4.78, 5) is 19.4. The minimum atomic E-state index is -0.258. The number of rotatable bonds is 5. The Kier molecular flexibility index (Phi) is 4.92. The number of nitrogens with one attached hydrogen (secondary N) is 1. The van der Waals surface area contributed by atoms with Gasteiger partial charge >= 0.3 is 0 Å². The second kappa shape index (κ2) is 7.87. The van der Waals surface area contributed by atoms with Crippen molar-refractivity contribution < 1.29 is 13.7 Å². The van der Waals surface area contributed by atoms with Gasteiger partial charge in [-0.05, 0) is 30.5 Å². The van der Waals surface area contributed by atoms with Gasteiger partial charge in [0.1, 0.15) is 11.4 Å². The standard InChI is InChI=1S/C22H19FN4O2S/c23-16-6-7-18-19(10-16)30-22(26-18)24-11-14-8-9-27(13-14)21(28)17-12-25-29-20(17)15-4-2-1-3-5-15/h1-7,10,12,14H,8-9,11,13H2,(H,24,26). The van der Waals surface area contributed by atoms with E-state index in [-0.39, 0.29) is 11.7 Å². The van der Waals surface area contributed by atoms with E-state index in [4.69, 9.17) is 4.52 Å². The van der Waals surface area contributed by atoms with E-state index >= 15 is 0 Å². The third-order valence-corrected chi connectivity index (χ3v) is 6.28. The van der Waals surface area contributed by atoms with Crippen molar-refractivity contribution in [2.75, 3.05) is 25.0 Å². The molecule has 30 heavy (non-hydrogen) atoms. The average Bonchev–Trinajstić information content (AvgIpc) is 3.51. The van der Waals surface area contributed by atoms with Crippen LogP contribution in [0.2, 0.25) is 0 Å². The third kappa shape index (κ3) is 3.66. The minimum absolute atomic E-state index is 0.0620. The number of carbonyl (C=O) groups is 1. The van der Waals surface area contributed by atoms with Crippen molar-refractivity contribution in [3.05, 3.63) is 66.1 Å². The van der Waals surface area contributed by atoms with Gasteiger partial charge in [0.05, 0.1) is 16.4 Å². The number of thiazole rings is 1. The highest BCUT2D eigenvalue weighted by Gasteiger charge is 2.30. The van der Waals surface area contributed by atoms with Gasteiger partial charge < -0.3 is 14.7 Å². The zero-order chi connectivity index (χ0) is 20.5. The Morgan fingerprint density at radius 2 is 2.13 bits per heavy atom. The molecule has 6 nitrogen and oxygen atoms in total. The Morgan fingerprint density at radius 1 is 1.27 bits per heavy atom. The number of likely N-dealkylation sites (tertiary alicyclic amines) is 1. The summed E-state index contributed by atoms with van der Waals surface area (Å²) >= 11 is 1.44. The van der Waals surface area contributed by atoms with Crippen molar-refractivity contribution in [3.8, 4) is 11.3 Å². The van der Waals surface area contributed by atoms with Gasteiger partial charge in [-0.25, -0.2) is 9.37 Å². The zero-order valence-corrected chi connectivity index (χ0v) is 16.9. The SMILES string of the molecule is O=C(c1cnoc1-c1ccccc1)N1CCC(CNc2nc3ccc(F)cc3s2)C1. The summed E-state index contributed by atoms with van der Waals surface area (Å²) in [6, 6.07) is 14.1. The summed E-state index contributed by atoms with van der Waals surface area (Å²) in [6.45, 7) is 2.06.